The van der Waals surface area contributed by atoms with E-state index in [1.165, 1.54) is 11.7 Å². The Kier molecular flexibility index (Phi) is 4.84. The Morgan fingerprint density at radius 2 is 1.75 bits per heavy atom. The Balaban J connectivity index is 2.31. The van der Waals surface area contributed by atoms with Gasteiger partial charge in [-0.2, -0.15) is 0 Å². The Morgan fingerprint density at radius 1 is 1.10 bits per heavy atom. The van der Waals surface area contributed by atoms with Gasteiger partial charge in [0.25, 0.3) is 0 Å². The molecule has 2 rings (SSSR count). The minimum Gasteiger partial charge on any atom is -0.339 e. The molecule has 0 heterocycles. The van der Waals surface area contributed by atoms with Gasteiger partial charge in [0, 0.05) is 0 Å². The second-order valence-electron chi connectivity index (χ2n) is 6.88. The smallest absolute Gasteiger partial charge is 0.116 e. The predicted octanol–water partition coefficient (Wildman–Crippen LogP) is 3.29. The van der Waals surface area contributed by atoms with Gasteiger partial charge in [-0.15, -0.1) is 0 Å². The molecule has 20 heavy (non-hydrogen) atoms. The largest absolute Gasteiger partial charge is 0.339 e. The number of allylic oxidation sites excluding steroid dienone is 4. The van der Waals surface area contributed by atoms with Gasteiger partial charge >= 0.3 is 0 Å². The summed E-state index contributed by atoms with van der Waals surface area (Å²) in [6.45, 7) is 11.8. The first-order valence-corrected chi connectivity index (χ1v) is 13.0. The monoisotopic (exact) mass is 301 g/mol. The maximum atomic E-state index is 3.88. The van der Waals surface area contributed by atoms with E-state index in [9.17, 15) is 0 Å². The van der Waals surface area contributed by atoms with Gasteiger partial charge in [0.2, 0.25) is 0 Å². The third kappa shape index (κ3) is 3.81. The third-order valence-electron chi connectivity index (χ3n) is 3.99. The fraction of sp³-hybridized carbons (Fsp3) is 0.412. The molecule has 0 aliphatic heterocycles. The van der Waals surface area contributed by atoms with Crippen molar-refractivity contribution in [3.8, 4) is 0 Å². The van der Waals surface area contributed by atoms with Crippen molar-refractivity contribution < 1.29 is 0 Å². The molecule has 108 valence electrons. The molecule has 0 bridgehead atoms. The van der Waals surface area contributed by atoms with Gasteiger partial charge in [-0.1, -0.05) is 77.6 Å². The van der Waals surface area contributed by atoms with E-state index in [0.717, 1.165) is 6.42 Å². The zero-order chi connectivity index (χ0) is 14.8. The maximum Gasteiger partial charge on any atom is 0.116 e. The maximum absolute atomic E-state index is 3.88. The van der Waals surface area contributed by atoms with E-state index >= 15 is 0 Å². The summed E-state index contributed by atoms with van der Waals surface area (Å²) in [5.74, 6) is 0. The van der Waals surface area contributed by atoms with Crippen LogP contribution in [0.3, 0.4) is 0 Å². The second kappa shape index (κ2) is 6.25. The van der Waals surface area contributed by atoms with Crippen molar-refractivity contribution in [3.05, 3.63) is 52.8 Å². The summed E-state index contributed by atoms with van der Waals surface area (Å²) in [5, 5.41) is 3.27. The van der Waals surface area contributed by atoms with E-state index in [1.807, 2.05) is 0 Å². The van der Waals surface area contributed by atoms with Crippen LogP contribution in [-0.4, -0.2) is 23.2 Å². The van der Waals surface area contributed by atoms with Gasteiger partial charge in [0.15, 0.2) is 0 Å². The average Bonchev–Trinajstić information content (AvgIpc) is 2.71. The Labute approximate surface area is 126 Å². The van der Waals surface area contributed by atoms with Crippen molar-refractivity contribution in [1.82, 2.24) is 4.98 Å². The SMILES string of the molecule is CC1=CCC(C)=C1[SiH](CN[Si](C)(C)C)c1ccccc1. The number of benzene rings is 1. The minimum atomic E-state index is -1.21. The molecule has 1 aromatic carbocycles. The van der Waals surface area contributed by atoms with Crippen LogP contribution in [0, 0.1) is 0 Å². The van der Waals surface area contributed by atoms with Crippen LogP contribution >= 0.6 is 0 Å². The van der Waals surface area contributed by atoms with Crippen LogP contribution in [-0.2, 0) is 0 Å². The lowest BCUT2D eigenvalue weighted by molar-refractivity contribution is 1.09. The Bertz CT molecular complexity index is 524. The Morgan fingerprint density at radius 3 is 2.25 bits per heavy atom. The van der Waals surface area contributed by atoms with Crippen LogP contribution in [0.15, 0.2) is 52.8 Å². The highest BCUT2D eigenvalue weighted by Crippen LogP contribution is 2.27. The fourth-order valence-corrected chi connectivity index (χ4v) is 9.02. The summed E-state index contributed by atoms with van der Waals surface area (Å²) < 4.78 is 0. The van der Waals surface area contributed by atoms with E-state index in [1.54, 1.807) is 16.0 Å². The van der Waals surface area contributed by atoms with Gasteiger partial charge in [-0.3, -0.25) is 0 Å². The highest BCUT2D eigenvalue weighted by atomic mass is 28.3. The summed E-state index contributed by atoms with van der Waals surface area (Å²) in [6, 6.07) is 11.2. The summed E-state index contributed by atoms with van der Waals surface area (Å²) >= 11 is 0. The van der Waals surface area contributed by atoms with Crippen molar-refractivity contribution in [1.29, 1.82) is 0 Å². The standard InChI is InChI=1S/C17H27NSi2/c1-14-11-12-15(2)17(14)19(13-18-20(3,4)5)16-9-7-6-8-10-16/h6-11,18-19H,12-13H2,1-5H3. The summed E-state index contributed by atoms with van der Waals surface area (Å²) in [7, 11) is -2.33. The third-order valence-corrected chi connectivity index (χ3v) is 9.11. The molecule has 0 aromatic heterocycles. The summed E-state index contributed by atoms with van der Waals surface area (Å²) in [4.78, 5) is 3.88. The van der Waals surface area contributed by atoms with Crippen molar-refractivity contribution in [2.45, 2.75) is 39.9 Å². The van der Waals surface area contributed by atoms with Crippen LogP contribution < -0.4 is 10.2 Å². The van der Waals surface area contributed by atoms with Crippen molar-refractivity contribution in [3.63, 3.8) is 0 Å². The van der Waals surface area contributed by atoms with Gasteiger partial charge in [0.05, 0.1) is 0 Å². The molecule has 0 fully saturated rings. The van der Waals surface area contributed by atoms with Gasteiger partial charge in [-0.05, 0) is 26.4 Å². The molecule has 1 nitrogen and oxygen atoms in total. The van der Waals surface area contributed by atoms with Crippen LogP contribution in [0.2, 0.25) is 19.6 Å². The zero-order valence-corrected chi connectivity index (χ0v) is 15.6. The lowest BCUT2D eigenvalue weighted by Crippen LogP contribution is -2.51. The topological polar surface area (TPSA) is 12.0 Å². The van der Waals surface area contributed by atoms with E-state index in [0.29, 0.717) is 0 Å². The number of nitrogens with one attached hydrogen (secondary N) is 1. The van der Waals surface area contributed by atoms with Crippen molar-refractivity contribution >= 4 is 22.2 Å². The van der Waals surface area contributed by atoms with Crippen LogP contribution in [0.5, 0.6) is 0 Å². The van der Waals surface area contributed by atoms with Crippen LogP contribution in [0.25, 0.3) is 0 Å². The molecule has 1 aromatic rings. The highest BCUT2D eigenvalue weighted by Gasteiger charge is 2.26. The highest BCUT2D eigenvalue weighted by molar-refractivity contribution is 6.83. The number of hydrogen-bond donors (Lipinski definition) is 1. The zero-order valence-electron chi connectivity index (χ0n) is 13.5. The second-order valence-corrected chi connectivity index (χ2v) is 14.5. The molecule has 0 spiro atoms. The molecule has 1 unspecified atom stereocenters. The van der Waals surface area contributed by atoms with E-state index < -0.39 is 17.0 Å². The minimum absolute atomic E-state index is 1.13. The molecular weight excluding hydrogens is 274 g/mol. The Hall–Kier alpha value is -0.906. The van der Waals surface area contributed by atoms with E-state index in [2.05, 4.69) is 74.9 Å². The first-order chi connectivity index (χ1) is 9.38. The molecule has 3 heteroatoms. The number of hydrogen-bond acceptors (Lipinski definition) is 1. The molecule has 1 N–H and O–H groups in total. The average molecular weight is 302 g/mol. The predicted molar refractivity (Wildman–Crippen MR) is 95.6 cm³/mol. The van der Waals surface area contributed by atoms with Gasteiger partial charge in [0.1, 0.15) is 17.0 Å². The van der Waals surface area contributed by atoms with E-state index in [-0.39, 0.29) is 0 Å². The normalized spacial score (nSPS) is 17.4. The molecule has 0 saturated heterocycles. The molecule has 1 atom stereocenters. The van der Waals surface area contributed by atoms with Gasteiger partial charge in [-0.25, -0.2) is 0 Å². The van der Waals surface area contributed by atoms with Crippen LogP contribution in [0.4, 0.5) is 0 Å². The lowest BCUT2D eigenvalue weighted by Gasteiger charge is -2.25. The molecule has 1 aliphatic carbocycles. The first kappa shape index (κ1) is 15.5. The molecule has 0 radical (unpaired) electrons. The van der Waals surface area contributed by atoms with Gasteiger partial charge < -0.3 is 4.98 Å². The first-order valence-electron chi connectivity index (χ1n) is 7.55. The molecule has 0 saturated carbocycles. The molecule has 1 aliphatic rings. The lowest BCUT2D eigenvalue weighted by atomic mass is 10.3. The fourth-order valence-electron chi connectivity index (χ4n) is 2.92. The summed E-state index contributed by atoms with van der Waals surface area (Å²) in [6.07, 6.45) is 4.75. The quantitative estimate of drug-likeness (QED) is 0.823. The van der Waals surface area contributed by atoms with Crippen LogP contribution in [0.1, 0.15) is 20.3 Å². The molecule has 0 amide bonds. The van der Waals surface area contributed by atoms with Crippen molar-refractivity contribution in [2.24, 2.45) is 0 Å². The van der Waals surface area contributed by atoms with E-state index in [4.69, 9.17) is 0 Å². The summed E-state index contributed by atoms with van der Waals surface area (Å²) in [5.41, 5.74) is 3.13. The molecular formula is C17H27NSi2. The number of rotatable bonds is 5. The van der Waals surface area contributed by atoms with Crippen molar-refractivity contribution in [2.75, 3.05) is 6.17 Å².